The van der Waals surface area contributed by atoms with Gasteiger partial charge >= 0.3 is 0 Å². The number of aliphatic hydroxyl groups excluding tert-OH is 1. The van der Waals surface area contributed by atoms with Gasteiger partial charge in [-0.2, -0.15) is 0 Å². The first-order chi connectivity index (χ1) is 12.9. The molecule has 6 nitrogen and oxygen atoms in total. The van der Waals surface area contributed by atoms with E-state index in [-0.39, 0.29) is 23.7 Å². The second kappa shape index (κ2) is 7.56. The van der Waals surface area contributed by atoms with Crippen LogP contribution in [-0.2, 0) is 21.4 Å². The van der Waals surface area contributed by atoms with Gasteiger partial charge in [-0.15, -0.1) is 0 Å². The minimum Gasteiger partial charge on any atom is -0.503 e. The smallest absolute Gasteiger partial charge is 0.290 e. The highest BCUT2D eigenvalue weighted by Gasteiger charge is 2.44. The van der Waals surface area contributed by atoms with E-state index in [4.69, 9.17) is 4.74 Å². The lowest BCUT2D eigenvalue weighted by atomic mass is 9.92. The quantitative estimate of drug-likeness (QED) is 0.813. The third-order valence-electron chi connectivity index (χ3n) is 4.96. The SMILES string of the molecule is COCCN1C(=O)C(O)=C(C(=O)CC(C)C)C1c1cn(C)c2ccccc12. The highest BCUT2D eigenvalue weighted by molar-refractivity contribution is 6.09. The molecule has 3 rings (SSSR count). The van der Waals surface area contributed by atoms with Gasteiger partial charge in [0, 0.05) is 49.8 Å². The van der Waals surface area contributed by atoms with Gasteiger partial charge in [-0.25, -0.2) is 0 Å². The van der Waals surface area contributed by atoms with Gasteiger partial charge in [0.15, 0.2) is 11.5 Å². The molecule has 0 radical (unpaired) electrons. The number of fused-ring (bicyclic) bond motifs is 1. The number of amides is 1. The molecule has 0 saturated heterocycles. The van der Waals surface area contributed by atoms with E-state index in [1.807, 2.05) is 55.9 Å². The summed E-state index contributed by atoms with van der Waals surface area (Å²) in [6, 6.07) is 7.25. The van der Waals surface area contributed by atoms with Crippen LogP contribution < -0.4 is 0 Å². The highest BCUT2D eigenvalue weighted by atomic mass is 16.5. The molecule has 0 fully saturated rings. The van der Waals surface area contributed by atoms with Crippen LogP contribution in [0.5, 0.6) is 0 Å². The van der Waals surface area contributed by atoms with Crippen molar-refractivity contribution in [1.82, 2.24) is 9.47 Å². The van der Waals surface area contributed by atoms with E-state index in [1.54, 1.807) is 7.11 Å². The number of rotatable bonds is 7. The number of Topliss-reactive ketones (excluding diaryl/α,β-unsaturated/α-hetero) is 1. The van der Waals surface area contributed by atoms with Gasteiger partial charge < -0.3 is 19.3 Å². The topological polar surface area (TPSA) is 71.8 Å². The van der Waals surface area contributed by atoms with Gasteiger partial charge in [0.25, 0.3) is 5.91 Å². The van der Waals surface area contributed by atoms with Crippen molar-refractivity contribution in [3.05, 3.63) is 47.4 Å². The summed E-state index contributed by atoms with van der Waals surface area (Å²) >= 11 is 0. The van der Waals surface area contributed by atoms with Crippen molar-refractivity contribution < 1.29 is 19.4 Å². The van der Waals surface area contributed by atoms with E-state index in [2.05, 4.69) is 0 Å². The largest absolute Gasteiger partial charge is 0.503 e. The fourth-order valence-electron chi connectivity index (χ4n) is 3.75. The molecule has 2 heterocycles. The molecule has 1 amide bonds. The highest BCUT2D eigenvalue weighted by Crippen LogP contribution is 2.41. The van der Waals surface area contributed by atoms with Gasteiger partial charge in [0.2, 0.25) is 0 Å². The molecule has 1 aliphatic rings. The molecule has 27 heavy (non-hydrogen) atoms. The van der Waals surface area contributed by atoms with E-state index in [9.17, 15) is 14.7 Å². The van der Waals surface area contributed by atoms with Crippen molar-refractivity contribution in [1.29, 1.82) is 0 Å². The monoisotopic (exact) mass is 370 g/mol. The molecule has 1 N–H and O–H groups in total. The molecule has 1 unspecified atom stereocenters. The number of aliphatic hydroxyl groups is 1. The third-order valence-corrected chi connectivity index (χ3v) is 4.96. The molecule has 0 saturated carbocycles. The second-order valence-electron chi connectivity index (χ2n) is 7.39. The summed E-state index contributed by atoms with van der Waals surface area (Å²) in [5.74, 6) is -1.01. The van der Waals surface area contributed by atoms with Gasteiger partial charge in [0.05, 0.1) is 18.2 Å². The van der Waals surface area contributed by atoms with Crippen molar-refractivity contribution >= 4 is 22.6 Å². The molecule has 0 bridgehead atoms. The maximum absolute atomic E-state index is 12.9. The van der Waals surface area contributed by atoms with Crippen LogP contribution in [0, 0.1) is 5.92 Å². The molecule has 1 aliphatic heterocycles. The predicted molar refractivity (Wildman–Crippen MR) is 103 cm³/mol. The van der Waals surface area contributed by atoms with Crippen molar-refractivity contribution in [2.75, 3.05) is 20.3 Å². The van der Waals surface area contributed by atoms with E-state index in [0.29, 0.717) is 13.2 Å². The normalized spacial score (nSPS) is 17.6. The van der Waals surface area contributed by atoms with Gasteiger partial charge in [-0.05, 0) is 12.0 Å². The number of aryl methyl sites for hydroxylation is 1. The zero-order chi connectivity index (χ0) is 19.7. The molecule has 1 atom stereocenters. The maximum atomic E-state index is 12.9. The van der Waals surface area contributed by atoms with Gasteiger partial charge in [-0.1, -0.05) is 32.0 Å². The standard InChI is InChI=1S/C21H26N2O4/c1-13(2)11-17(24)18-19(23(9-10-27-4)21(26)20(18)25)15-12-22(3)16-8-6-5-7-14(15)16/h5-8,12-13,19,25H,9-11H2,1-4H3. The van der Waals surface area contributed by atoms with Crippen LogP contribution in [0.1, 0.15) is 31.9 Å². The van der Waals surface area contributed by atoms with E-state index >= 15 is 0 Å². The summed E-state index contributed by atoms with van der Waals surface area (Å²) in [7, 11) is 3.49. The molecular weight excluding hydrogens is 344 g/mol. The van der Waals surface area contributed by atoms with Crippen LogP contribution in [0.2, 0.25) is 0 Å². The number of benzene rings is 1. The Bertz CT molecular complexity index is 910. The Hall–Kier alpha value is -2.60. The van der Waals surface area contributed by atoms with Crippen LogP contribution >= 0.6 is 0 Å². The van der Waals surface area contributed by atoms with Crippen LogP contribution in [0.15, 0.2) is 41.8 Å². The number of ketones is 1. The molecule has 6 heteroatoms. The fourth-order valence-corrected chi connectivity index (χ4v) is 3.75. The zero-order valence-corrected chi connectivity index (χ0v) is 16.2. The number of para-hydroxylation sites is 1. The van der Waals surface area contributed by atoms with Crippen LogP contribution in [-0.4, -0.2) is 46.5 Å². The number of hydrogen-bond acceptors (Lipinski definition) is 4. The third kappa shape index (κ3) is 3.37. The summed E-state index contributed by atoms with van der Waals surface area (Å²) in [5.41, 5.74) is 2.04. The minimum atomic E-state index is -0.606. The lowest BCUT2D eigenvalue weighted by molar-refractivity contribution is -0.130. The summed E-state index contributed by atoms with van der Waals surface area (Å²) < 4.78 is 7.12. The molecule has 144 valence electrons. The zero-order valence-electron chi connectivity index (χ0n) is 16.2. The Morgan fingerprint density at radius 2 is 2.00 bits per heavy atom. The van der Waals surface area contributed by atoms with Crippen molar-refractivity contribution in [3.8, 4) is 0 Å². The molecule has 0 spiro atoms. The average Bonchev–Trinajstić information content (AvgIpc) is 3.08. The minimum absolute atomic E-state index is 0.133. The average molecular weight is 370 g/mol. The van der Waals surface area contributed by atoms with Gasteiger partial charge in [-0.3, -0.25) is 9.59 Å². The Balaban J connectivity index is 2.15. The van der Waals surface area contributed by atoms with Crippen LogP contribution in [0.3, 0.4) is 0 Å². The number of methoxy groups -OCH3 is 1. The summed E-state index contributed by atoms with van der Waals surface area (Å²) in [4.78, 5) is 27.2. The fraction of sp³-hybridized carbons (Fsp3) is 0.429. The Morgan fingerprint density at radius 3 is 2.67 bits per heavy atom. The first-order valence-electron chi connectivity index (χ1n) is 9.17. The van der Waals surface area contributed by atoms with Crippen LogP contribution in [0.4, 0.5) is 0 Å². The first-order valence-corrected chi connectivity index (χ1v) is 9.17. The molecule has 0 aliphatic carbocycles. The van der Waals surface area contributed by atoms with E-state index in [0.717, 1.165) is 16.5 Å². The molecule has 2 aromatic rings. The number of carbonyl (C=O) groups is 2. The van der Waals surface area contributed by atoms with Crippen LogP contribution in [0.25, 0.3) is 10.9 Å². The Labute approximate surface area is 159 Å². The number of ether oxygens (including phenoxy) is 1. The van der Waals surface area contributed by atoms with E-state index < -0.39 is 17.7 Å². The lowest BCUT2D eigenvalue weighted by Gasteiger charge is -2.26. The predicted octanol–water partition coefficient (Wildman–Crippen LogP) is 3.14. The van der Waals surface area contributed by atoms with Crippen molar-refractivity contribution in [2.45, 2.75) is 26.3 Å². The molecule has 1 aromatic heterocycles. The van der Waals surface area contributed by atoms with E-state index in [1.165, 1.54) is 4.90 Å². The summed E-state index contributed by atoms with van der Waals surface area (Å²) in [6.45, 7) is 4.52. The maximum Gasteiger partial charge on any atom is 0.290 e. The Morgan fingerprint density at radius 1 is 1.30 bits per heavy atom. The lowest BCUT2D eigenvalue weighted by Crippen LogP contribution is -2.34. The van der Waals surface area contributed by atoms with Crippen molar-refractivity contribution in [2.24, 2.45) is 13.0 Å². The van der Waals surface area contributed by atoms with Gasteiger partial charge in [0.1, 0.15) is 0 Å². The van der Waals surface area contributed by atoms with Crippen molar-refractivity contribution in [3.63, 3.8) is 0 Å². The molecular formula is C21H26N2O4. The summed E-state index contributed by atoms with van der Waals surface area (Å²) in [6.07, 6.45) is 2.22. The number of nitrogens with zero attached hydrogens (tertiary/aromatic N) is 2. The second-order valence-corrected chi connectivity index (χ2v) is 7.39. The Kier molecular flexibility index (Phi) is 5.37. The first kappa shape index (κ1) is 19.2. The number of carbonyl (C=O) groups excluding carboxylic acids is 2. The number of hydrogen-bond donors (Lipinski definition) is 1. The number of aromatic nitrogens is 1. The summed E-state index contributed by atoms with van der Waals surface area (Å²) in [5, 5.41) is 11.5. The molecule has 1 aromatic carbocycles.